The van der Waals surface area contributed by atoms with E-state index in [-0.39, 0.29) is 25.8 Å². The predicted molar refractivity (Wildman–Crippen MR) is 19.8 cm³/mol. The van der Waals surface area contributed by atoms with Gasteiger partial charge in [-0.3, -0.25) is 0 Å². The molecule has 0 aromatic heterocycles. The van der Waals surface area contributed by atoms with Gasteiger partial charge in [-0.15, -0.1) is 5.60 Å². The van der Waals surface area contributed by atoms with Crippen LogP contribution in [0.5, 0.6) is 0 Å². The van der Waals surface area contributed by atoms with E-state index in [1.54, 1.807) is 20.8 Å². The molecular weight excluding hydrogens is 243 g/mol. The molecule has 0 aliphatic rings. The molecule has 0 unspecified atom stereocenters. The summed E-state index contributed by atoms with van der Waals surface area (Å²) < 4.78 is 0. The van der Waals surface area contributed by atoms with E-state index in [4.69, 9.17) is 0 Å². The first kappa shape index (κ1) is 9.95. The molecular formula is C4H9HfO+3. The number of rotatable bonds is 0. The van der Waals surface area contributed by atoms with Crippen LogP contribution in [0.2, 0.25) is 0 Å². The zero-order chi connectivity index (χ0) is 4.50. The molecule has 0 N–H and O–H groups in total. The van der Waals surface area contributed by atoms with Gasteiger partial charge in [0.05, 0.1) is 0 Å². The van der Waals surface area contributed by atoms with Crippen molar-refractivity contribution in [2.24, 2.45) is 0 Å². The maximum atomic E-state index is 10.1. The van der Waals surface area contributed by atoms with Crippen LogP contribution in [0.4, 0.5) is 0 Å². The van der Waals surface area contributed by atoms with Gasteiger partial charge in [-0.1, -0.05) is 20.8 Å². The van der Waals surface area contributed by atoms with Crippen LogP contribution in [0.3, 0.4) is 0 Å². The van der Waals surface area contributed by atoms with E-state index >= 15 is 0 Å². The number of hydrogen-bond donors (Lipinski definition) is 0. The Hall–Kier alpha value is 0.830. The Morgan fingerprint density at radius 1 is 1.17 bits per heavy atom. The van der Waals surface area contributed by atoms with Crippen molar-refractivity contribution < 1.29 is 30.9 Å². The molecule has 0 aliphatic heterocycles. The fourth-order valence-corrected chi connectivity index (χ4v) is 0. The Morgan fingerprint density at radius 2 is 1.17 bits per heavy atom. The molecule has 0 rings (SSSR count). The van der Waals surface area contributed by atoms with E-state index in [1.807, 2.05) is 0 Å². The molecule has 0 bridgehead atoms. The van der Waals surface area contributed by atoms with Gasteiger partial charge in [-0.25, -0.2) is 0 Å². The Morgan fingerprint density at radius 3 is 1.17 bits per heavy atom. The summed E-state index contributed by atoms with van der Waals surface area (Å²) in [5, 5.41) is 10.1. The summed E-state index contributed by atoms with van der Waals surface area (Å²) >= 11 is 0. The van der Waals surface area contributed by atoms with Crippen LogP contribution in [0, 0.1) is 0 Å². The molecule has 0 saturated heterocycles. The Kier molecular flexibility index (Phi) is 4.84. The predicted octanol–water partition coefficient (Wildman–Crippen LogP) is 0.143. The van der Waals surface area contributed by atoms with Crippen LogP contribution >= 0.6 is 0 Å². The third-order valence-corrected chi connectivity index (χ3v) is 0. The summed E-state index contributed by atoms with van der Waals surface area (Å²) in [7, 11) is 0. The maximum Gasteiger partial charge on any atom is 4.00 e. The van der Waals surface area contributed by atoms with Crippen LogP contribution < -0.4 is 5.11 Å². The normalized spacial score (nSPS) is 10.0. The van der Waals surface area contributed by atoms with Gasteiger partial charge in [0, 0.05) is 0 Å². The van der Waals surface area contributed by atoms with Gasteiger partial charge in [0.25, 0.3) is 0 Å². The molecule has 0 aromatic carbocycles. The Balaban J connectivity index is 0. The van der Waals surface area contributed by atoms with Gasteiger partial charge in [0.2, 0.25) is 0 Å². The molecule has 0 aromatic rings. The summed E-state index contributed by atoms with van der Waals surface area (Å²) in [4.78, 5) is 0. The number of hydrogen-bond acceptors (Lipinski definition) is 1. The van der Waals surface area contributed by atoms with Crippen molar-refractivity contribution in [3.8, 4) is 0 Å². The molecule has 0 saturated carbocycles. The van der Waals surface area contributed by atoms with Gasteiger partial charge >= 0.3 is 25.8 Å². The molecule has 2 heteroatoms. The minimum absolute atomic E-state index is 0. The second-order valence-electron chi connectivity index (χ2n) is 2.11. The molecule has 0 fully saturated rings. The van der Waals surface area contributed by atoms with Crippen molar-refractivity contribution in [2.45, 2.75) is 26.4 Å². The standard InChI is InChI=1S/C4H9O.Hf/c1-4(2,3)5;/h1-3H3;/q-1;+4. The molecule has 0 atom stereocenters. The molecule has 6 heavy (non-hydrogen) atoms. The molecule has 32 valence electrons. The van der Waals surface area contributed by atoms with Crippen molar-refractivity contribution >= 4 is 0 Å². The van der Waals surface area contributed by atoms with Crippen molar-refractivity contribution in [1.82, 2.24) is 0 Å². The van der Waals surface area contributed by atoms with E-state index in [0.29, 0.717) is 0 Å². The Bertz CT molecular complexity index is 23.0. The van der Waals surface area contributed by atoms with Crippen LogP contribution in [-0.4, -0.2) is 5.60 Å². The first-order valence-electron chi connectivity index (χ1n) is 1.70. The summed E-state index contributed by atoms with van der Waals surface area (Å²) in [6, 6.07) is 0. The first-order chi connectivity index (χ1) is 2.00. The average molecular weight is 252 g/mol. The molecule has 0 aliphatic carbocycles. The molecule has 0 radical (unpaired) electrons. The van der Waals surface area contributed by atoms with Gasteiger partial charge in [-0.05, 0) is 0 Å². The summed E-state index contributed by atoms with van der Waals surface area (Å²) in [6.45, 7) is 4.90. The minimum atomic E-state index is -0.750. The van der Waals surface area contributed by atoms with Crippen LogP contribution in [0.1, 0.15) is 20.8 Å². The quantitative estimate of drug-likeness (QED) is 0.562. The maximum absolute atomic E-state index is 10.1. The van der Waals surface area contributed by atoms with Gasteiger partial charge in [0.1, 0.15) is 0 Å². The second-order valence-corrected chi connectivity index (χ2v) is 2.11. The van der Waals surface area contributed by atoms with E-state index in [0.717, 1.165) is 0 Å². The smallest absolute Gasteiger partial charge is 0.850 e. The van der Waals surface area contributed by atoms with Gasteiger partial charge in [-0.2, -0.15) is 0 Å². The summed E-state index contributed by atoms with van der Waals surface area (Å²) in [5.41, 5.74) is -0.750. The fraction of sp³-hybridized carbons (Fsp3) is 1.00. The summed E-state index contributed by atoms with van der Waals surface area (Å²) in [5.74, 6) is 0. The molecule has 1 nitrogen and oxygen atoms in total. The van der Waals surface area contributed by atoms with Crippen LogP contribution in [-0.2, 0) is 25.8 Å². The minimum Gasteiger partial charge on any atom is -0.850 e. The molecule has 0 amide bonds. The van der Waals surface area contributed by atoms with Gasteiger partial charge in [0.15, 0.2) is 0 Å². The Labute approximate surface area is 57.5 Å². The molecule has 0 heterocycles. The van der Waals surface area contributed by atoms with Crippen molar-refractivity contribution in [3.05, 3.63) is 0 Å². The van der Waals surface area contributed by atoms with Gasteiger partial charge < -0.3 is 5.11 Å². The van der Waals surface area contributed by atoms with Crippen LogP contribution in [0.15, 0.2) is 0 Å². The van der Waals surface area contributed by atoms with E-state index in [2.05, 4.69) is 0 Å². The fourth-order valence-electron chi connectivity index (χ4n) is 0. The average Bonchev–Trinajstić information content (AvgIpc) is 0.722. The van der Waals surface area contributed by atoms with Crippen molar-refractivity contribution in [1.29, 1.82) is 0 Å². The van der Waals surface area contributed by atoms with Crippen molar-refractivity contribution in [2.75, 3.05) is 0 Å². The SMILES string of the molecule is CC(C)(C)[O-].[Hf+4]. The van der Waals surface area contributed by atoms with Crippen LogP contribution in [0.25, 0.3) is 0 Å². The summed E-state index contributed by atoms with van der Waals surface area (Å²) in [6.07, 6.45) is 0. The van der Waals surface area contributed by atoms with E-state index in [1.165, 1.54) is 0 Å². The monoisotopic (exact) mass is 253 g/mol. The molecule has 0 spiro atoms. The van der Waals surface area contributed by atoms with E-state index in [9.17, 15) is 5.11 Å². The first-order valence-corrected chi connectivity index (χ1v) is 1.70. The van der Waals surface area contributed by atoms with E-state index < -0.39 is 5.60 Å². The zero-order valence-corrected chi connectivity index (χ0v) is 8.00. The van der Waals surface area contributed by atoms with Crippen molar-refractivity contribution in [3.63, 3.8) is 0 Å². The zero-order valence-electron chi connectivity index (χ0n) is 4.41. The third kappa shape index (κ3) is 103. The second kappa shape index (κ2) is 2.92. The largest absolute Gasteiger partial charge is 4.00 e. The topological polar surface area (TPSA) is 23.1 Å². The third-order valence-electron chi connectivity index (χ3n) is 0.